The van der Waals surface area contributed by atoms with Gasteiger partial charge in [0.1, 0.15) is 18.1 Å². The number of aliphatic imine (C=N–C) groups is 1. The first-order valence-electron chi connectivity index (χ1n) is 13.8. The van der Waals surface area contributed by atoms with Crippen LogP contribution in [0.1, 0.15) is 37.3 Å². The number of carbonyl (C=O) groups excluding carboxylic acids is 4. The molecule has 0 spiro atoms. The molecule has 2 aromatic carbocycles. The fraction of sp³-hybridized carbons (Fsp3) is 0.367. The standard InChI is InChI=1S/C30H37N7O5/c1-17(38)34-26-16-19-10-12-23-21(15-19)20-14-18(9-11-22(20)35-23)6-3-4-7-25(29(41)42-2)37-27(39)24(36-28(26)40)8-5-13-33-30(31)32/h3-4,9-12,14-15,24-26,35H,5-8,13,16H2,1-2H3,(H,34,38)(H,36,40)(H,37,39)(H4,31,32,33)/b4-3+/t24-,25+,26?/m1/s1. The van der Waals surface area contributed by atoms with E-state index in [0.29, 0.717) is 12.8 Å². The Labute approximate surface area is 243 Å². The van der Waals surface area contributed by atoms with Gasteiger partial charge in [0.25, 0.3) is 0 Å². The summed E-state index contributed by atoms with van der Waals surface area (Å²) in [5.74, 6) is -2.19. The number of allylic oxidation sites excluding steroid dienone is 1. The maximum Gasteiger partial charge on any atom is 0.328 e. The molecule has 1 aliphatic rings. The fourth-order valence-electron chi connectivity index (χ4n) is 5.06. The van der Waals surface area contributed by atoms with Gasteiger partial charge in [0.05, 0.1) is 7.11 Å². The van der Waals surface area contributed by atoms with Crippen LogP contribution >= 0.6 is 0 Å². The third-order valence-corrected chi connectivity index (χ3v) is 7.13. The zero-order valence-corrected chi connectivity index (χ0v) is 23.7. The largest absolute Gasteiger partial charge is 0.467 e. The Morgan fingerprint density at radius 2 is 1.69 bits per heavy atom. The lowest BCUT2D eigenvalue weighted by atomic mass is 10.0. The number of hydrogen-bond acceptors (Lipinski definition) is 6. The van der Waals surface area contributed by atoms with Crippen LogP contribution in [0.15, 0.2) is 53.5 Å². The number of H-pyrrole nitrogens is 1. The molecule has 12 heteroatoms. The summed E-state index contributed by atoms with van der Waals surface area (Å²) in [5.41, 5.74) is 14.7. The van der Waals surface area contributed by atoms with Crippen molar-refractivity contribution in [3.8, 4) is 0 Å². The number of hydrogen-bond donors (Lipinski definition) is 6. The molecule has 3 aromatic rings. The second-order valence-corrected chi connectivity index (χ2v) is 10.3. The summed E-state index contributed by atoms with van der Waals surface area (Å²) in [6, 6.07) is 9.10. The Kier molecular flexibility index (Phi) is 9.79. The average Bonchev–Trinajstić information content (AvgIpc) is 3.31. The highest BCUT2D eigenvalue weighted by Gasteiger charge is 2.29. The molecule has 0 saturated heterocycles. The Balaban J connectivity index is 1.72. The zero-order chi connectivity index (χ0) is 30.2. The molecule has 2 heterocycles. The van der Waals surface area contributed by atoms with Crippen molar-refractivity contribution in [3.05, 3.63) is 59.7 Å². The maximum absolute atomic E-state index is 13.5. The van der Waals surface area contributed by atoms with E-state index in [-0.39, 0.29) is 37.7 Å². The Bertz CT molecular complexity index is 1540. The summed E-state index contributed by atoms with van der Waals surface area (Å²) in [6.45, 7) is 1.57. The number of rotatable bonds is 6. The van der Waals surface area contributed by atoms with Gasteiger partial charge in [-0.25, -0.2) is 4.79 Å². The van der Waals surface area contributed by atoms with Crippen LogP contribution in [-0.2, 0) is 36.8 Å². The number of guanidine groups is 1. The second-order valence-electron chi connectivity index (χ2n) is 10.3. The molecule has 1 aromatic heterocycles. The molecule has 0 fully saturated rings. The van der Waals surface area contributed by atoms with Crippen molar-refractivity contribution in [1.82, 2.24) is 20.9 Å². The molecule has 3 amide bonds. The van der Waals surface area contributed by atoms with Crippen LogP contribution in [-0.4, -0.2) is 66.4 Å². The van der Waals surface area contributed by atoms with Gasteiger partial charge in [0.2, 0.25) is 17.7 Å². The number of amides is 3. The van der Waals surface area contributed by atoms with Gasteiger partial charge in [-0.1, -0.05) is 24.3 Å². The van der Waals surface area contributed by atoms with Gasteiger partial charge in [-0.3, -0.25) is 19.4 Å². The predicted molar refractivity (Wildman–Crippen MR) is 160 cm³/mol. The molecule has 0 aliphatic carbocycles. The lowest BCUT2D eigenvalue weighted by Crippen LogP contribution is -2.56. The number of nitrogens with zero attached hydrogens (tertiary/aromatic N) is 1. The first kappa shape index (κ1) is 30.1. The summed E-state index contributed by atoms with van der Waals surface area (Å²) >= 11 is 0. The number of fused-ring (bicyclic) bond motifs is 2. The highest BCUT2D eigenvalue weighted by molar-refractivity contribution is 6.07. The van der Waals surface area contributed by atoms with E-state index in [4.69, 9.17) is 16.2 Å². The zero-order valence-electron chi connectivity index (χ0n) is 23.7. The summed E-state index contributed by atoms with van der Waals surface area (Å²) in [6.07, 6.45) is 5.34. The Morgan fingerprint density at radius 3 is 2.36 bits per heavy atom. The molecule has 0 radical (unpaired) electrons. The van der Waals surface area contributed by atoms with E-state index in [9.17, 15) is 19.2 Å². The van der Waals surface area contributed by atoms with Crippen LogP contribution in [0.25, 0.3) is 21.8 Å². The summed E-state index contributed by atoms with van der Waals surface area (Å²) in [5, 5.41) is 10.2. The molecule has 12 nitrogen and oxygen atoms in total. The molecule has 8 N–H and O–H groups in total. The molecule has 3 atom stereocenters. The van der Waals surface area contributed by atoms with Crippen LogP contribution in [0, 0.1) is 0 Å². The van der Waals surface area contributed by atoms with Gasteiger partial charge >= 0.3 is 5.97 Å². The van der Waals surface area contributed by atoms with E-state index in [1.807, 2.05) is 42.5 Å². The molecule has 42 heavy (non-hydrogen) atoms. The molecule has 222 valence electrons. The number of nitrogens with two attached hydrogens (primary N) is 2. The number of nitrogens with one attached hydrogen (secondary N) is 4. The quantitative estimate of drug-likeness (QED) is 0.0831. The third-order valence-electron chi connectivity index (χ3n) is 7.13. The average molecular weight is 576 g/mol. The minimum Gasteiger partial charge on any atom is -0.467 e. The normalized spacial score (nSPS) is 20.5. The van der Waals surface area contributed by atoms with Gasteiger partial charge in [-0.2, -0.15) is 0 Å². The number of ether oxygens (including phenoxy) is 1. The predicted octanol–water partition coefficient (Wildman–Crippen LogP) is 1.07. The van der Waals surface area contributed by atoms with Crippen LogP contribution in [0.2, 0.25) is 0 Å². The molecule has 4 bridgehead atoms. The van der Waals surface area contributed by atoms with E-state index in [1.165, 1.54) is 14.0 Å². The molecule has 4 rings (SSSR count). The monoisotopic (exact) mass is 575 g/mol. The van der Waals surface area contributed by atoms with Gasteiger partial charge in [0, 0.05) is 41.7 Å². The first-order chi connectivity index (χ1) is 20.1. The Morgan fingerprint density at radius 1 is 1.00 bits per heavy atom. The lowest BCUT2D eigenvalue weighted by Gasteiger charge is -2.24. The van der Waals surface area contributed by atoms with Gasteiger partial charge < -0.3 is 37.1 Å². The second kappa shape index (κ2) is 13.7. The van der Waals surface area contributed by atoms with Crippen molar-refractivity contribution >= 4 is 51.5 Å². The lowest BCUT2D eigenvalue weighted by molar-refractivity contribution is -0.145. The summed E-state index contributed by atoms with van der Waals surface area (Å²) in [7, 11) is 1.25. The van der Waals surface area contributed by atoms with Crippen molar-refractivity contribution in [2.75, 3.05) is 13.7 Å². The Hall–Kier alpha value is -4.87. The maximum atomic E-state index is 13.5. The number of carbonyl (C=O) groups is 4. The molecular weight excluding hydrogens is 538 g/mol. The summed E-state index contributed by atoms with van der Waals surface area (Å²) < 4.78 is 4.92. The van der Waals surface area contributed by atoms with Crippen LogP contribution < -0.4 is 27.4 Å². The smallest absolute Gasteiger partial charge is 0.328 e. The van der Waals surface area contributed by atoms with Crippen LogP contribution in [0.4, 0.5) is 0 Å². The summed E-state index contributed by atoms with van der Waals surface area (Å²) in [4.78, 5) is 58.9. The number of aromatic nitrogens is 1. The fourth-order valence-corrected chi connectivity index (χ4v) is 5.06. The van der Waals surface area contributed by atoms with Crippen molar-refractivity contribution in [2.45, 2.75) is 57.2 Å². The SMILES string of the molecule is COC(=O)[C@@H]1C/C=C/Cc2ccc3[nH]c4ccc(cc4c3c2)CC(NC(C)=O)C(=O)N[C@H](CCCN=C(N)N)C(=O)N1. The first-order valence-corrected chi connectivity index (χ1v) is 13.8. The highest BCUT2D eigenvalue weighted by Crippen LogP contribution is 2.28. The van der Waals surface area contributed by atoms with Gasteiger partial charge in [-0.15, -0.1) is 0 Å². The van der Waals surface area contributed by atoms with Crippen molar-refractivity contribution in [2.24, 2.45) is 16.5 Å². The number of esters is 1. The van der Waals surface area contributed by atoms with E-state index in [1.54, 1.807) is 0 Å². The topological polar surface area (TPSA) is 194 Å². The molecular formula is C30H37N7O5. The van der Waals surface area contributed by atoms with E-state index >= 15 is 0 Å². The van der Waals surface area contributed by atoms with Crippen LogP contribution in [0.3, 0.4) is 0 Å². The van der Waals surface area contributed by atoms with Crippen LogP contribution in [0.5, 0.6) is 0 Å². The number of methoxy groups -OCH3 is 1. The minimum absolute atomic E-state index is 0.0840. The van der Waals surface area contributed by atoms with E-state index < -0.39 is 35.9 Å². The van der Waals surface area contributed by atoms with Gasteiger partial charge in [-0.05, 0) is 61.1 Å². The minimum atomic E-state index is -1.02. The third kappa shape index (κ3) is 7.65. The molecule has 1 aliphatic heterocycles. The molecule has 1 unspecified atom stereocenters. The number of benzene rings is 2. The molecule has 0 saturated carbocycles. The highest BCUT2D eigenvalue weighted by atomic mass is 16.5. The van der Waals surface area contributed by atoms with Crippen molar-refractivity contribution < 1.29 is 23.9 Å². The van der Waals surface area contributed by atoms with E-state index in [2.05, 4.69) is 32.0 Å². The number of aromatic amines is 1. The van der Waals surface area contributed by atoms with Gasteiger partial charge in [0.15, 0.2) is 5.96 Å². The van der Waals surface area contributed by atoms with Crippen molar-refractivity contribution in [1.29, 1.82) is 0 Å². The van der Waals surface area contributed by atoms with E-state index in [0.717, 1.165) is 32.9 Å². The van der Waals surface area contributed by atoms with Crippen molar-refractivity contribution in [3.63, 3.8) is 0 Å².